The summed E-state index contributed by atoms with van der Waals surface area (Å²) in [5.41, 5.74) is -1.95. The summed E-state index contributed by atoms with van der Waals surface area (Å²) in [6, 6.07) is 2.60. The number of halogens is 3. The Morgan fingerprint density at radius 2 is 1.94 bits per heavy atom. The molecule has 0 radical (unpaired) electrons. The van der Waals surface area contributed by atoms with Crippen LogP contribution in [-0.4, -0.2) is 13.4 Å². The number of primary sulfonamides is 1. The van der Waals surface area contributed by atoms with E-state index in [-0.39, 0.29) is 0 Å². The molecule has 5 nitrogen and oxygen atoms in total. The van der Waals surface area contributed by atoms with Gasteiger partial charge in [-0.05, 0) is 12.1 Å². The maximum Gasteiger partial charge on any atom is 0.433 e. The van der Waals surface area contributed by atoms with Crippen LogP contribution in [0.5, 0.6) is 0 Å². The standard InChI is InChI=1S/C7H4F3N3O2S/c8-7(9,10)5-2-1-4(3-11)6(13-5)16(12,14)15/h1-2H,(H2,12,14,15). The summed E-state index contributed by atoms with van der Waals surface area (Å²) >= 11 is 0. The number of nitrogens with two attached hydrogens (primary N) is 1. The molecule has 86 valence electrons. The summed E-state index contributed by atoms with van der Waals surface area (Å²) in [6.45, 7) is 0. The van der Waals surface area contributed by atoms with Crippen molar-refractivity contribution in [1.29, 1.82) is 5.26 Å². The molecule has 1 heterocycles. The van der Waals surface area contributed by atoms with Crippen molar-refractivity contribution in [1.82, 2.24) is 4.98 Å². The van der Waals surface area contributed by atoms with Crippen LogP contribution in [0.2, 0.25) is 0 Å². The van der Waals surface area contributed by atoms with Crippen LogP contribution in [0.15, 0.2) is 17.2 Å². The monoisotopic (exact) mass is 251 g/mol. The Kier molecular flexibility index (Phi) is 2.89. The number of aromatic nitrogens is 1. The van der Waals surface area contributed by atoms with Gasteiger partial charge in [0.05, 0.1) is 5.56 Å². The Morgan fingerprint density at radius 3 is 2.31 bits per heavy atom. The predicted octanol–water partition coefficient (Wildman–Crippen LogP) is 0.619. The number of alkyl halides is 3. The minimum atomic E-state index is -4.80. The van der Waals surface area contributed by atoms with E-state index >= 15 is 0 Å². The number of hydrogen-bond acceptors (Lipinski definition) is 4. The number of pyridine rings is 1. The van der Waals surface area contributed by atoms with Gasteiger partial charge in [0, 0.05) is 0 Å². The van der Waals surface area contributed by atoms with Crippen LogP contribution in [0.1, 0.15) is 11.3 Å². The normalized spacial score (nSPS) is 12.2. The lowest BCUT2D eigenvalue weighted by Gasteiger charge is -2.07. The highest BCUT2D eigenvalue weighted by atomic mass is 32.2. The lowest BCUT2D eigenvalue weighted by molar-refractivity contribution is -0.141. The first-order chi connectivity index (χ1) is 7.16. The lowest BCUT2D eigenvalue weighted by Crippen LogP contribution is -2.19. The predicted molar refractivity (Wildman–Crippen MR) is 45.3 cm³/mol. The first-order valence-corrected chi connectivity index (χ1v) is 5.22. The maximum atomic E-state index is 12.2. The van der Waals surface area contributed by atoms with Gasteiger partial charge in [-0.1, -0.05) is 0 Å². The molecule has 0 unspecified atom stereocenters. The molecule has 1 aromatic rings. The number of hydrogen-bond donors (Lipinski definition) is 1. The largest absolute Gasteiger partial charge is 0.433 e. The van der Waals surface area contributed by atoms with Crippen molar-refractivity contribution in [2.45, 2.75) is 11.2 Å². The molecular formula is C7H4F3N3O2S. The molecule has 0 saturated heterocycles. The zero-order valence-electron chi connectivity index (χ0n) is 7.49. The summed E-state index contributed by atoms with van der Waals surface area (Å²) in [4.78, 5) is 2.83. The zero-order valence-corrected chi connectivity index (χ0v) is 8.30. The summed E-state index contributed by atoms with van der Waals surface area (Å²) in [7, 11) is -4.46. The minimum absolute atomic E-state index is 0.507. The van der Waals surface area contributed by atoms with Crippen molar-refractivity contribution >= 4 is 10.0 Å². The van der Waals surface area contributed by atoms with Crippen LogP contribution in [0.25, 0.3) is 0 Å². The summed E-state index contributed by atoms with van der Waals surface area (Å²) in [5.74, 6) is 0. The fraction of sp³-hybridized carbons (Fsp3) is 0.143. The van der Waals surface area contributed by atoms with E-state index in [9.17, 15) is 21.6 Å². The second kappa shape index (κ2) is 3.73. The van der Waals surface area contributed by atoms with Crippen molar-refractivity contribution in [2.75, 3.05) is 0 Å². The van der Waals surface area contributed by atoms with Gasteiger partial charge < -0.3 is 0 Å². The van der Waals surface area contributed by atoms with Crippen LogP contribution in [0.3, 0.4) is 0 Å². The van der Waals surface area contributed by atoms with Crippen molar-refractivity contribution in [3.05, 3.63) is 23.4 Å². The summed E-state index contributed by atoms with van der Waals surface area (Å²) in [5, 5.41) is 12.0. The number of nitriles is 1. The number of sulfonamides is 1. The Bertz CT molecular complexity index is 559. The van der Waals surface area contributed by atoms with E-state index < -0.39 is 32.5 Å². The maximum absolute atomic E-state index is 12.2. The Balaban J connectivity index is 3.54. The second-order valence-electron chi connectivity index (χ2n) is 2.70. The van der Waals surface area contributed by atoms with Gasteiger partial charge in [-0.15, -0.1) is 0 Å². The Morgan fingerprint density at radius 1 is 1.38 bits per heavy atom. The van der Waals surface area contributed by atoms with Gasteiger partial charge in [0.1, 0.15) is 11.8 Å². The summed E-state index contributed by atoms with van der Waals surface area (Å²) < 4.78 is 58.4. The van der Waals surface area contributed by atoms with Crippen LogP contribution in [0, 0.1) is 11.3 Å². The third-order valence-corrected chi connectivity index (χ3v) is 2.39. The van der Waals surface area contributed by atoms with Gasteiger partial charge in [-0.3, -0.25) is 0 Å². The van der Waals surface area contributed by atoms with Crippen LogP contribution >= 0.6 is 0 Å². The molecule has 0 saturated carbocycles. The molecule has 0 aliphatic carbocycles. The summed E-state index contributed by atoms with van der Waals surface area (Å²) in [6.07, 6.45) is -4.80. The number of rotatable bonds is 1. The van der Waals surface area contributed by atoms with E-state index in [1.165, 1.54) is 6.07 Å². The van der Waals surface area contributed by atoms with Crippen molar-refractivity contribution in [3.8, 4) is 6.07 Å². The van der Waals surface area contributed by atoms with Gasteiger partial charge >= 0.3 is 6.18 Å². The average molecular weight is 251 g/mol. The fourth-order valence-corrected chi connectivity index (χ4v) is 1.55. The quantitative estimate of drug-likeness (QED) is 0.791. The topological polar surface area (TPSA) is 96.8 Å². The van der Waals surface area contributed by atoms with Gasteiger partial charge in [-0.2, -0.15) is 18.4 Å². The molecule has 16 heavy (non-hydrogen) atoms. The number of nitrogens with zero attached hydrogens (tertiary/aromatic N) is 2. The van der Waals surface area contributed by atoms with Gasteiger partial charge in [0.25, 0.3) is 10.0 Å². The molecule has 0 spiro atoms. The SMILES string of the molecule is N#Cc1ccc(C(F)(F)F)nc1S(N)(=O)=O. The first kappa shape index (κ1) is 12.4. The molecule has 0 aliphatic heterocycles. The molecule has 0 atom stereocenters. The lowest BCUT2D eigenvalue weighted by atomic mass is 10.2. The van der Waals surface area contributed by atoms with Crippen molar-refractivity contribution in [2.24, 2.45) is 5.14 Å². The highest BCUT2D eigenvalue weighted by Crippen LogP contribution is 2.28. The van der Waals surface area contributed by atoms with E-state index in [0.717, 1.165) is 0 Å². The highest BCUT2D eigenvalue weighted by Gasteiger charge is 2.34. The molecule has 2 N–H and O–H groups in total. The highest BCUT2D eigenvalue weighted by molar-refractivity contribution is 7.89. The molecular weight excluding hydrogens is 247 g/mol. The molecule has 0 aliphatic rings. The first-order valence-electron chi connectivity index (χ1n) is 3.67. The molecule has 0 amide bonds. The molecule has 9 heteroatoms. The molecule has 1 aromatic heterocycles. The second-order valence-corrected chi connectivity index (χ2v) is 4.18. The zero-order chi connectivity index (χ0) is 12.6. The van der Waals surface area contributed by atoms with Crippen LogP contribution in [-0.2, 0) is 16.2 Å². The van der Waals surface area contributed by atoms with E-state index in [4.69, 9.17) is 5.26 Å². The third-order valence-electron chi connectivity index (χ3n) is 1.54. The van der Waals surface area contributed by atoms with E-state index in [0.29, 0.717) is 12.1 Å². The Labute approximate surface area is 88.4 Å². The van der Waals surface area contributed by atoms with Crippen LogP contribution in [0.4, 0.5) is 13.2 Å². The van der Waals surface area contributed by atoms with Gasteiger partial charge in [0.15, 0.2) is 5.03 Å². The van der Waals surface area contributed by atoms with Gasteiger partial charge in [-0.25, -0.2) is 18.5 Å². The fourth-order valence-electron chi connectivity index (χ4n) is 0.900. The van der Waals surface area contributed by atoms with E-state index in [1.54, 1.807) is 0 Å². The molecule has 0 aromatic carbocycles. The smallest absolute Gasteiger partial charge is 0.229 e. The van der Waals surface area contributed by atoms with E-state index in [2.05, 4.69) is 10.1 Å². The van der Waals surface area contributed by atoms with Crippen molar-refractivity contribution < 1.29 is 21.6 Å². The Hall–Kier alpha value is -1.66. The van der Waals surface area contributed by atoms with E-state index in [1.807, 2.05) is 0 Å². The molecule has 1 rings (SSSR count). The average Bonchev–Trinajstić information content (AvgIpc) is 2.14. The third kappa shape index (κ3) is 2.47. The van der Waals surface area contributed by atoms with Crippen molar-refractivity contribution in [3.63, 3.8) is 0 Å². The minimum Gasteiger partial charge on any atom is -0.229 e. The van der Waals surface area contributed by atoms with Crippen LogP contribution < -0.4 is 5.14 Å². The molecule has 0 fully saturated rings. The molecule has 0 bridgehead atoms. The van der Waals surface area contributed by atoms with Gasteiger partial charge in [0.2, 0.25) is 0 Å².